The van der Waals surface area contributed by atoms with Gasteiger partial charge in [0.2, 0.25) is 0 Å². The second-order valence-corrected chi connectivity index (χ2v) is 9.70. The zero-order valence-electron chi connectivity index (χ0n) is 22.5. The largest absolute Gasteiger partial charge is 0.463 e. The van der Waals surface area contributed by atoms with E-state index in [-0.39, 0.29) is 12.4 Å². The maximum atomic E-state index is 13.0. The van der Waals surface area contributed by atoms with Crippen molar-refractivity contribution in [2.45, 2.75) is 92.4 Å². The van der Waals surface area contributed by atoms with Crippen LogP contribution in [0.25, 0.3) is 0 Å². The molecule has 2 rings (SSSR count). The molecule has 5 nitrogen and oxygen atoms in total. The fraction of sp³-hybridized carbons (Fsp3) is 0.586. The van der Waals surface area contributed by atoms with E-state index in [1.807, 2.05) is 32.0 Å². The topological polar surface area (TPSA) is 81.4 Å². The van der Waals surface area contributed by atoms with E-state index in [9.17, 15) is 9.59 Å². The van der Waals surface area contributed by atoms with Gasteiger partial charge in [-0.15, -0.1) is 0 Å². The van der Waals surface area contributed by atoms with Crippen LogP contribution in [0.4, 0.5) is 0 Å². The van der Waals surface area contributed by atoms with E-state index in [0.29, 0.717) is 35.6 Å². The second-order valence-electron chi connectivity index (χ2n) is 9.29. The summed E-state index contributed by atoms with van der Waals surface area (Å²) in [5.74, 6) is -0.0800. The number of hydrogen-bond donors (Lipinski definition) is 2. The maximum absolute atomic E-state index is 13.0. The lowest BCUT2D eigenvalue weighted by molar-refractivity contribution is -0.138. The fourth-order valence-electron chi connectivity index (χ4n) is 4.18. The molecule has 196 valence electrons. The molecule has 0 saturated carbocycles. The summed E-state index contributed by atoms with van der Waals surface area (Å²) in [6, 6.07) is 7.34. The Morgan fingerprint density at radius 2 is 1.77 bits per heavy atom. The maximum Gasteiger partial charge on any atom is 0.336 e. The summed E-state index contributed by atoms with van der Waals surface area (Å²) < 4.78 is 5.37. The van der Waals surface area contributed by atoms with Crippen LogP contribution in [0, 0.1) is 5.92 Å². The number of ketones is 1. The van der Waals surface area contributed by atoms with E-state index in [4.69, 9.17) is 22.1 Å². The third-order valence-corrected chi connectivity index (χ3v) is 6.34. The minimum atomic E-state index is -0.547. The summed E-state index contributed by atoms with van der Waals surface area (Å²) in [7, 11) is 0. The highest BCUT2D eigenvalue weighted by Gasteiger charge is 2.38. The monoisotopic (exact) mass is 504 g/mol. The third-order valence-electron chi connectivity index (χ3n) is 5.99. The summed E-state index contributed by atoms with van der Waals surface area (Å²) in [6.07, 6.45) is 6.82. The third kappa shape index (κ3) is 9.46. The smallest absolute Gasteiger partial charge is 0.336 e. The highest BCUT2D eigenvalue weighted by atomic mass is 35.5. The number of nitrogens with two attached hydrogens (primary N) is 1. The number of Topliss-reactive ketones (excluding diaryl/α,β-unsaturated/α-hetero) is 1. The molecule has 0 bridgehead atoms. The molecule has 3 N–H and O–H groups in total. The molecule has 6 heteroatoms. The molecule has 0 fully saturated rings. The van der Waals surface area contributed by atoms with E-state index >= 15 is 0 Å². The van der Waals surface area contributed by atoms with Gasteiger partial charge in [0.1, 0.15) is 0 Å². The number of nitrogens with one attached hydrogen (secondary N) is 1. The van der Waals surface area contributed by atoms with Crippen LogP contribution in [0.3, 0.4) is 0 Å². The number of esters is 1. The Balaban J connectivity index is 0.000000762. The van der Waals surface area contributed by atoms with Crippen LogP contribution in [0.15, 0.2) is 46.8 Å². The molecule has 1 aliphatic rings. The van der Waals surface area contributed by atoms with Crippen molar-refractivity contribution >= 4 is 23.4 Å². The van der Waals surface area contributed by atoms with Gasteiger partial charge in [-0.05, 0) is 57.2 Å². The first-order valence-electron chi connectivity index (χ1n) is 13.1. The summed E-state index contributed by atoms with van der Waals surface area (Å²) in [5, 5.41) is 3.82. The zero-order chi connectivity index (χ0) is 26.4. The van der Waals surface area contributed by atoms with Gasteiger partial charge in [0.15, 0.2) is 5.78 Å². The van der Waals surface area contributed by atoms with Crippen molar-refractivity contribution in [3.05, 3.63) is 57.4 Å². The summed E-state index contributed by atoms with van der Waals surface area (Å²) in [6.45, 7) is 13.1. The van der Waals surface area contributed by atoms with Crippen LogP contribution in [0.1, 0.15) is 98.0 Å². The standard InChI is InChI=1S/C22H29ClN2O3.C7H16/c1-4-18(26)19-14(3)25-17(12-8-9-13-24)21(22(27)28-5-2)20(19)15-10-6-7-11-16(15)23;1-4-5-6-7(2)3/h6-7,10-11,20,25H,4-5,8-9,12-13,24H2,1-3H3;7H,4-6H2,1-3H3. The molecule has 1 aromatic rings. The van der Waals surface area contributed by atoms with Crippen molar-refractivity contribution in [2.75, 3.05) is 13.2 Å². The van der Waals surface area contributed by atoms with E-state index in [2.05, 4.69) is 26.1 Å². The normalized spacial score (nSPS) is 15.5. The average Bonchev–Trinajstić information content (AvgIpc) is 2.83. The van der Waals surface area contributed by atoms with Crippen molar-refractivity contribution in [1.29, 1.82) is 0 Å². The van der Waals surface area contributed by atoms with Crippen LogP contribution < -0.4 is 11.1 Å². The van der Waals surface area contributed by atoms with E-state index in [1.165, 1.54) is 19.3 Å². The molecular weight excluding hydrogens is 460 g/mol. The van der Waals surface area contributed by atoms with Gasteiger partial charge < -0.3 is 15.8 Å². The van der Waals surface area contributed by atoms with Gasteiger partial charge in [0.05, 0.1) is 12.2 Å². The number of dihydropyridines is 1. The number of ether oxygens (including phenoxy) is 1. The quantitative estimate of drug-likeness (QED) is 0.235. The first-order valence-corrected chi connectivity index (χ1v) is 13.5. The fourth-order valence-corrected chi connectivity index (χ4v) is 4.43. The Labute approximate surface area is 217 Å². The molecule has 0 aromatic heterocycles. The first kappa shape index (κ1) is 30.9. The van der Waals surface area contributed by atoms with Crippen molar-refractivity contribution in [3.63, 3.8) is 0 Å². The van der Waals surface area contributed by atoms with Gasteiger partial charge in [0, 0.05) is 34.3 Å². The van der Waals surface area contributed by atoms with Crippen LogP contribution in [-0.2, 0) is 14.3 Å². The minimum Gasteiger partial charge on any atom is -0.463 e. The number of carbonyl (C=O) groups excluding carboxylic acids is 2. The Bertz CT molecular complexity index is 890. The number of rotatable bonds is 12. The zero-order valence-corrected chi connectivity index (χ0v) is 23.3. The predicted octanol–water partition coefficient (Wildman–Crippen LogP) is 7.06. The molecule has 0 aliphatic carbocycles. The number of hydrogen-bond acceptors (Lipinski definition) is 5. The molecule has 0 saturated heterocycles. The van der Waals surface area contributed by atoms with E-state index in [0.717, 1.165) is 35.7 Å². The minimum absolute atomic E-state index is 0.0160. The predicted molar refractivity (Wildman–Crippen MR) is 146 cm³/mol. The molecule has 1 atom stereocenters. The highest BCUT2D eigenvalue weighted by Crippen LogP contribution is 2.42. The number of allylic oxidation sites excluding steroid dienone is 3. The number of unbranched alkanes of at least 4 members (excludes halogenated alkanes) is 2. The van der Waals surface area contributed by atoms with Crippen molar-refractivity contribution < 1.29 is 14.3 Å². The van der Waals surface area contributed by atoms with Gasteiger partial charge in [-0.1, -0.05) is 76.8 Å². The number of halogens is 1. The SMILES string of the molecule is CCCCC(C)C.CCOC(=O)C1=C(CCCCN)NC(C)=C(C(=O)CC)C1c1ccccc1Cl. The Morgan fingerprint density at radius 1 is 1.09 bits per heavy atom. The van der Waals surface area contributed by atoms with Crippen molar-refractivity contribution in [3.8, 4) is 0 Å². The van der Waals surface area contributed by atoms with Crippen LogP contribution in [-0.4, -0.2) is 24.9 Å². The first-order chi connectivity index (χ1) is 16.7. The molecule has 1 unspecified atom stereocenters. The summed E-state index contributed by atoms with van der Waals surface area (Å²) in [4.78, 5) is 25.8. The Hall–Kier alpha value is -2.11. The Morgan fingerprint density at radius 3 is 2.29 bits per heavy atom. The van der Waals surface area contributed by atoms with Gasteiger partial charge in [-0.25, -0.2) is 4.79 Å². The molecule has 0 amide bonds. The molecule has 1 heterocycles. The van der Waals surface area contributed by atoms with Gasteiger partial charge >= 0.3 is 5.97 Å². The highest BCUT2D eigenvalue weighted by molar-refractivity contribution is 6.31. The molecule has 1 aliphatic heterocycles. The van der Waals surface area contributed by atoms with Crippen LogP contribution in [0.5, 0.6) is 0 Å². The van der Waals surface area contributed by atoms with Gasteiger partial charge in [-0.3, -0.25) is 4.79 Å². The lowest BCUT2D eigenvalue weighted by atomic mass is 9.77. The van der Waals surface area contributed by atoms with Crippen molar-refractivity contribution in [1.82, 2.24) is 5.32 Å². The van der Waals surface area contributed by atoms with Crippen LogP contribution in [0.2, 0.25) is 5.02 Å². The lowest BCUT2D eigenvalue weighted by Gasteiger charge is -2.32. The Kier molecular flexibility index (Phi) is 14.6. The number of carbonyl (C=O) groups is 2. The molecule has 35 heavy (non-hydrogen) atoms. The number of benzene rings is 1. The molecular formula is C29H45ClN2O3. The van der Waals surface area contributed by atoms with Gasteiger partial charge in [0.25, 0.3) is 0 Å². The summed E-state index contributed by atoms with van der Waals surface area (Å²) >= 11 is 6.49. The lowest BCUT2D eigenvalue weighted by Crippen LogP contribution is -2.33. The van der Waals surface area contributed by atoms with Gasteiger partial charge in [-0.2, -0.15) is 0 Å². The van der Waals surface area contributed by atoms with Crippen molar-refractivity contribution in [2.24, 2.45) is 11.7 Å². The molecule has 0 radical (unpaired) electrons. The van der Waals surface area contributed by atoms with Crippen LogP contribution >= 0.6 is 11.6 Å². The molecule has 1 aromatic carbocycles. The summed E-state index contributed by atoms with van der Waals surface area (Å²) in [5.41, 5.74) is 8.94. The van der Waals surface area contributed by atoms with E-state index < -0.39 is 11.9 Å². The van der Waals surface area contributed by atoms with E-state index in [1.54, 1.807) is 13.0 Å². The average molecular weight is 505 g/mol. The second kappa shape index (κ2) is 16.5. The molecule has 0 spiro atoms.